The highest BCUT2D eigenvalue weighted by Crippen LogP contribution is 2.32. The lowest BCUT2D eigenvalue weighted by atomic mass is 10.3. The minimum Gasteiger partial charge on any atom is -0.494 e. The Labute approximate surface area is 173 Å². The molecule has 0 bridgehead atoms. The summed E-state index contributed by atoms with van der Waals surface area (Å²) in [6.45, 7) is 6.55. The predicted octanol–water partition coefficient (Wildman–Crippen LogP) is 3.71. The van der Waals surface area contributed by atoms with Gasteiger partial charge in [0, 0.05) is 12.2 Å². The van der Waals surface area contributed by atoms with E-state index in [4.69, 9.17) is 14.5 Å². The minimum absolute atomic E-state index is 0.0853. The third-order valence-corrected chi connectivity index (χ3v) is 6.64. The fraction of sp³-hybridized carbons (Fsp3) is 0.450. The maximum absolute atomic E-state index is 13.2. The van der Waals surface area contributed by atoms with Crippen molar-refractivity contribution in [2.75, 3.05) is 19.0 Å². The summed E-state index contributed by atoms with van der Waals surface area (Å²) in [7, 11) is 0. The molecule has 0 N–H and O–H groups in total. The number of aryl methyl sites for hydroxylation is 1. The van der Waals surface area contributed by atoms with E-state index >= 15 is 0 Å². The highest BCUT2D eigenvalue weighted by atomic mass is 32.2. The van der Waals surface area contributed by atoms with Crippen LogP contribution in [0.5, 0.6) is 5.75 Å². The SMILES string of the molecule is CCOC(=O)[C@H](CC)Sc1nc2c(c(=O)n1-c1ccc(OCC)cc1)SCC2. The second-order valence-electron chi connectivity index (χ2n) is 6.10. The van der Waals surface area contributed by atoms with E-state index in [1.165, 1.54) is 11.8 Å². The summed E-state index contributed by atoms with van der Waals surface area (Å²) in [6, 6.07) is 7.36. The number of nitrogens with zero attached hydrogens (tertiary/aromatic N) is 2. The Balaban J connectivity index is 2.04. The van der Waals surface area contributed by atoms with Crippen molar-refractivity contribution in [1.82, 2.24) is 9.55 Å². The van der Waals surface area contributed by atoms with Crippen LogP contribution < -0.4 is 10.3 Å². The standard InChI is InChI=1S/C20H24N2O4S2/c1-4-16(19(24)26-6-3)28-20-21-15-11-12-27-17(15)18(23)22(20)13-7-9-14(10-8-13)25-5-2/h7-10,16H,4-6,11-12H2,1-3H3/t16-/m0/s1. The fourth-order valence-corrected chi connectivity index (χ4v) is 4.99. The zero-order chi connectivity index (χ0) is 20.1. The van der Waals surface area contributed by atoms with Crippen molar-refractivity contribution in [3.63, 3.8) is 0 Å². The molecule has 2 aromatic rings. The molecule has 150 valence electrons. The summed E-state index contributed by atoms with van der Waals surface area (Å²) >= 11 is 2.83. The van der Waals surface area contributed by atoms with Crippen LogP contribution >= 0.6 is 23.5 Å². The second-order valence-corrected chi connectivity index (χ2v) is 8.38. The average molecular weight is 421 g/mol. The fourth-order valence-electron chi connectivity index (χ4n) is 2.92. The van der Waals surface area contributed by atoms with Crippen molar-refractivity contribution in [2.24, 2.45) is 0 Å². The zero-order valence-electron chi connectivity index (χ0n) is 16.3. The molecule has 3 rings (SSSR count). The van der Waals surface area contributed by atoms with Crippen LogP contribution in [0, 0.1) is 0 Å². The van der Waals surface area contributed by atoms with Crippen molar-refractivity contribution < 1.29 is 14.3 Å². The van der Waals surface area contributed by atoms with Crippen LogP contribution in [-0.2, 0) is 16.0 Å². The van der Waals surface area contributed by atoms with Gasteiger partial charge in [0.1, 0.15) is 11.0 Å². The first-order chi connectivity index (χ1) is 13.6. The maximum Gasteiger partial charge on any atom is 0.319 e. The Kier molecular flexibility index (Phi) is 7.07. The van der Waals surface area contributed by atoms with Gasteiger partial charge < -0.3 is 9.47 Å². The number of benzene rings is 1. The molecule has 0 saturated heterocycles. The molecule has 0 aliphatic carbocycles. The van der Waals surface area contributed by atoms with Gasteiger partial charge in [0.25, 0.3) is 5.56 Å². The largest absolute Gasteiger partial charge is 0.494 e. The van der Waals surface area contributed by atoms with Crippen LogP contribution in [0.3, 0.4) is 0 Å². The molecule has 1 aromatic heterocycles. The van der Waals surface area contributed by atoms with Crippen molar-refractivity contribution in [1.29, 1.82) is 0 Å². The molecule has 6 nitrogen and oxygen atoms in total. The highest BCUT2D eigenvalue weighted by Gasteiger charge is 2.27. The number of hydrogen-bond donors (Lipinski definition) is 0. The normalized spacial score (nSPS) is 13.8. The first-order valence-electron chi connectivity index (χ1n) is 9.44. The first-order valence-corrected chi connectivity index (χ1v) is 11.3. The molecule has 1 aliphatic heterocycles. The average Bonchev–Trinajstić information content (AvgIpc) is 3.16. The molecule has 1 atom stereocenters. The third-order valence-electron chi connectivity index (χ3n) is 4.24. The van der Waals surface area contributed by atoms with Crippen LogP contribution in [0.2, 0.25) is 0 Å². The van der Waals surface area contributed by atoms with Gasteiger partial charge in [-0.1, -0.05) is 18.7 Å². The van der Waals surface area contributed by atoms with E-state index in [0.29, 0.717) is 35.4 Å². The second kappa shape index (κ2) is 9.52. The Morgan fingerprint density at radius 2 is 2.00 bits per heavy atom. The van der Waals surface area contributed by atoms with E-state index in [0.717, 1.165) is 23.6 Å². The summed E-state index contributed by atoms with van der Waals surface area (Å²) in [5.74, 6) is 1.32. The van der Waals surface area contributed by atoms with E-state index in [1.54, 1.807) is 23.3 Å². The molecule has 0 radical (unpaired) electrons. The monoisotopic (exact) mass is 420 g/mol. The molecule has 1 aromatic carbocycles. The number of thioether (sulfide) groups is 2. The van der Waals surface area contributed by atoms with Crippen LogP contribution in [0.15, 0.2) is 39.1 Å². The summed E-state index contributed by atoms with van der Waals surface area (Å²) in [5.41, 5.74) is 1.44. The molecule has 28 heavy (non-hydrogen) atoms. The molecule has 0 amide bonds. The lowest BCUT2D eigenvalue weighted by Crippen LogP contribution is -2.26. The van der Waals surface area contributed by atoms with E-state index in [1.807, 2.05) is 38.1 Å². The molecule has 0 unspecified atom stereocenters. The smallest absolute Gasteiger partial charge is 0.319 e. The topological polar surface area (TPSA) is 70.4 Å². The maximum atomic E-state index is 13.2. The van der Waals surface area contributed by atoms with Crippen LogP contribution in [0.25, 0.3) is 5.69 Å². The summed E-state index contributed by atoms with van der Waals surface area (Å²) in [6.07, 6.45) is 1.36. The lowest BCUT2D eigenvalue weighted by molar-refractivity contribution is -0.142. The molecule has 1 aliphatic rings. The summed E-state index contributed by atoms with van der Waals surface area (Å²) < 4.78 is 12.3. The minimum atomic E-state index is -0.409. The van der Waals surface area contributed by atoms with Crippen molar-refractivity contribution in [2.45, 2.75) is 48.9 Å². The van der Waals surface area contributed by atoms with Gasteiger partial charge in [-0.25, -0.2) is 4.98 Å². The molecule has 8 heteroatoms. The van der Waals surface area contributed by atoms with Gasteiger partial charge in [-0.3, -0.25) is 14.2 Å². The van der Waals surface area contributed by atoms with E-state index < -0.39 is 5.25 Å². The molecule has 0 fully saturated rings. The van der Waals surface area contributed by atoms with Crippen molar-refractivity contribution in [3.8, 4) is 11.4 Å². The Morgan fingerprint density at radius 3 is 2.64 bits per heavy atom. The number of carbonyl (C=O) groups excluding carboxylic acids is 1. The van der Waals surface area contributed by atoms with Crippen molar-refractivity contribution >= 4 is 29.5 Å². The highest BCUT2D eigenvalue weighted by molar-refractivity contribution is 8.00. The van der Waals surface area contributed by atoms with Gasteiger partial charge in [-0.2, -0.15) is 0 Å². The number of hydrogen-bond acceptors (Lipinski definition) is 7. The first kappa shape index (κ1) is 20.8. The van der Waals surface area contributed by atoms with Crippen molar-refractivity contribution in [3.05, 3.63) is 40.3 Å². The lowest BCUT2D eigenvalue weighted by Gasteiger charge is -2.18. The van der Waals surface area contributed by atoms with Crippen LogP contribution in [0.1, 0.15) is 32.9 Å². The van der Waals surface area contributed by atoms with E-state index in [9.17, 15) is 9.59 Å². The van der Waals surface area contributed by atoms with Gasteiger partial charge in [0.15, 0.2) is 5.16 Å². The number of rotatable bonds is 8. The Bertz CT molecular complexity index is 896. The number of aromatic nitrogens is 2. The molecule has 0 saturated carbocycles. The number of fused-ring (bicyclic) bond motifs is 1. The molecule has 0 spiro atoms. The molecular weight excluding hydrogens is 396 g/mol. The Hall–Kier alpha value is -1.93. The van der Waals surface area contributed by atoms with Gasteiger partial charge in [-0.05, 0) is 44.5 Å². The van der Waals surface area contributed by atoms with Crippen LogP contribution in [-0.4, -0.2) is 39.7 Å². The summed E-state index contributed by atoms with van der Waals surface area (Å²) in [5, 5.41) is 0.114. The predicted molar refractivity (Wildman–Crippen MR) is 112 cm³/mol. The zero-order valence-corrected chi connectivity index (χ0v) is 17.9. The summed E-state index contributed by atoms with van der Waals surface area (Å²) in [4.78, 5) is 30.9. The van der Waals surface area contributed by atoms with E-state index in [-0.39, 0.29) is 11.5 Å². The van der Waals surface area contributed by atoms with Gasteiger partial charge >= 0.3 is 5.97 Å². The molecular formula is C20H24N2O4S2. The number of esters is 1. The molecule has 2 heterocycles. The number of ether oxygens (including phenoxy) is 2. The van der Waals surface area contributed by atoms with Crippen LogP contribution in [0.4, 0.5) is 0 Å². The Morgan fingerprint density at radius 1 is 1.25 bits per heavy atom. The third kappa shape index (κ3) is 4.38. The number of carbonyl (C=O) groups is 1. The van der Waals surface area contributed by atoms with Gasteiger partial charge in [-0.15, -0.1) is 11.8 Å². The van der Waals surface area contributed by atoms with Gasteiger partial charge in [0.2, 0.25) is 0 Å². The quantitative estimate of drug-likeness (QED) is 0.366. The van der Waals surface area contributed by atoms with E-state index in [2.05, 4.69) is 0 Å². The van der Waals surface area contributed by atoms with Gasteiger partial charge in [0.05, 0.1) is 29.5 Å².